The first-order valence-electron chi connectivity index (χ1n) is 6.91. The number of aliphatic hydroxyl groups is 1. The number of aliphatic hydroxyl groups excluding tert-OH is 1. The van der Waals surface area contributed by atoms with Crippen LogP contribution in [0.4, 0.5) is 10.5 Å². The number of rotatable bonds is 6. The summed E-state index contributed by atoms with van der Waals surface area (Å²) in [4.78, 5) is 18.1. The summed E-state index contributed by atoms with van der Waals surface area (Å²) >= 11 is 1.56. The maximum Gasteiger partial charge on any atom is 0.321 e. The molecule has 5 nitrogen and oxygen atoms in total. The molecule has 0 spiro atoms. The number of nitrogens with zero attached hydrogens (tertiary/aromatic N) is 2. The Balaban J connectivity index is 2.08. The zero-order chi connectivity index (χ0) is 15.1. The van der Waals surface area contributed by atoms with E-state index in [1.165, 1.54) is 0 Å². The Labute approximate surface area is 128 Å². The van der Waals surface area contributed by atoms with Crippen molar-refractivity contribution in [2.75, 3.05) is 25.0 Å². The average Bonchev–Trinajstić information content (AvgIpc) is 3.01. The van der Waals surface area contributed by atoms with Gasteiger partial charge in [0.15, 0.2) is 0 Å². The normalized spacial score (nSPS) is 10.4. The highest BCUT2D eigenvalue weighted by atomic mass is 32.1. The molecule has 2 N–H and O–H groups in total. The highest BCUT2D eigenvalue weighted by Gasteiger charge is 2.12. The van der Waals surface area contributed by atoms with Crippen molar-refractivity contribution >= 4 is 23.1 Å². The third-order valence-corrected chi connectivity index (χ3v) is 3.77. The Bertz CT molecular complexity index is 566. The first-order valence-corrected chi connectivity index (χ1v) is 7.79. The van der Waals surface area contributed by atoms with Crippen LogP contribution >= 0.6 is 11.3 Å². The van der Waals surface area contributed by atoms with E-state index in [-0.39, 0.29) is 12.6 Å². The van der Waals surface area contributed by atoms with Crippen LogP contribution in [-0.4, -0.2) is 40.7 Å². The van der Waals surface area contributed by atoms with E-state index in [1.807, 2.05) is 36.6 Å². The predicted molar refractivity (Wildman–Crippen MR) is 85.5 cm³/mol. The van der Waals surface area contributed by atoms with Gasteiger partial charge in [-0.05, 0) is 18.6 Å². The molecule has 1 aromatic carbocycles. The number of carbonyl (C=O) groups excluding carboxylic acids is 1. The van der Waals surface area contributed by atoms with Crippen molar-refractivity contribution in [3.8, 4) is 10.6 Å². The van der Waals surface area contributed by atoms with Crippen LogP contribution in [0.1, 0.15) is 13.3 Å². The zero-order valence-electron chi connectivity index (χ0n) is 12.0. The van der Waals surface area contributed by atoms with E-state index >= 15 is 0 Å². The molecule has 112 valence electrons. The summed E-state index contributed by atoms with van der Waals surface area (Å²) in [6, 6.07) is 7.41. The first-order chi connectivity index (χ1) is 10.2. The Kier molecular flexibility index (Phi) is 5.71. The maximum absolute atomic E-state index is 12.2. The number of carbonyl (C=O) groups is 1. The topological polar surface area (TPSA) is 65.5 Å². The smallest absolute Gasteiger partial charge is 0.321 e. The summed E-state index contributed by atoms with van der Waals surface area (Å²) in [5.41, 5.74) is 1.71. The molecule has 2 amide bonds. The van der Waals surface area contributed by atoms with E-state index in [0.29, 0.717) is 13.1 Å². The van der Waals surface area contributed by atoms with Crippen LogP contribution in [0.5, 0.6) is 0 Å². The summed E-state index contributed by atoms with van der Waals surface area (Å²) in [6.07, 6.45) is 2.61. The van der Waals surface area contributed by atoms with Gasteiger partial charge in [-0.1, -0.05) is 19.1 Å². The van der Waals surface area contributed by atoms with Crippen molar-refractivity contribution in [3.63, 3.8) is 0 Å². The molecule has 0 fully saturated rings. The molecule has 2 aromatic rings. The fourth-order valence-electron chi connectivity index (χ4n) is 2.00. The number of hydrogen-bond donors (Lipinski definition) is 2. The molecule has 0 atom stereocenters. The van der Waals surface area contributed by atoms with Gasteiger partial charge < -0.3 is 15.3 Å². The molecule has 0 saturated carbocycles. The fraction of sp³-hybridized carbons (Fsp3) is 0.333. The minimum Gasteiger partial charge on any atom is -0.395 e. The van der Waals surface area contributed by atoms with E-state index in [2.05, 4.69) is 10.3 Å². The highest BCUT2D eigenvalue weighted by molar-refractivity contribution is 7.13. The van der Waals surface area contributed by atoms with E-state index in [4.69, 9.17) is 5.11 Å². The van der Waals surface area contributed by atoms with Gasteiger partial charge in [0.25, 0.3) is 0 Å². The van der Waals surface area contributed by atoms with Crippen LogP contribution in [0.15, 0.2) is 35.8 Å². The zero-order valence-corrected chi connectivity index (χ0v) is 12.8. The SMILES string of the molecule is CCCN(CCO)C(=O)Nc1cccc(-c2nccs2)c1. The molecule has 0 saturated heterocycles. The van der Waals surface area contributed by atoms with Gasteiger partial charge in [0.2, 0.25) is 0 Å². The summed E-state index contributed by atoms with van der Waals surface area (Å²) < 4.78 is 0. The lowest BCUT2D eigenvalue weighted by Crippen LogP contribution is -2.37. The van der Waals surface area contributed by atoms with Crippen LogP contribution in [-0.2, 0) is 0 Å². The van der Waals surface area contributed by atoms with Crippen LogP contribution in [0.25, 0.3) is 10.6 Å². The molecule has 0 radical (unpaired) electrons. The highest BCUT2D eigenvalue weighted by Crippen LogP contribution is 2.24. The van der Waals surface area contributed by atoms with Gasteiger partial charge in [-0.3, -0.25) is 0 Å². The Morgan fingerprint density at radius 1 is 1.43 bits per heavy atom. The summed E-state index contributed by atoms with van der Waals surface area (Å²) in [6.45, 7) is 2.93. The number of anilines is 1. The molecule has 21 heavy (non-hydrogen) atoms. The molecule has 2 rings (SSSR count). The van der Waals surface area contributed by atoms with Crippen LogP contribution in [0.2, 0.25) is 0 Å². The van der Waals surface area contributed by atoms with Crippen molar-refractivity contribution < 1.29 is 9.90 Å². The lowest BCUT2D eigenvalue weighted by Gasteiger charge is -2.21. The Morgan fingerprint density at radius 3 is 2.95 bits per heavy atom. The number of nitrogens with one attached hydrogen (secondary N) is 1. The van der Waals surface area contributed by atoms with E-state index in [0.717, 1.165) is 22.7 Å². The molecular formula is C15H19N3O2S. The summed E-state index contributed by atoms with van der Waals surface area (Å²) in [5, 5.41) is 14.7. The van der Waals surface area contributed by atoms with Gasteiger partial charge in [0, 0.05) is 35.9 Å². The monoisotopic (exact) mass is 305 g/mol. The molecule has 1 heterocycles. The fourth-order valence-corrected chi connectivity index (χ4v) is 2.64. The van der Waals surface area contributed by atoms with E-state index in [9.17, 15) is 4.79 Å². The number of benzene rings is 1. The van der Waals surface area contributed by atoms with Crippen LogP contribution in [0, 0.1) is 0 Å². The molecule has 0 aliphatic heterocycles. The third-order valence-electron chi connectivity index (χ3n) is 2.94. The van der Waals surface area contributed by atoms with E-state index in [1.54, 1.807) is 22.4 Å². The lowest BCUT2D eigenvalue weighted by atomic mass is 10.2. The summed E-state index contributed by atoms with van der Waals surface area (Å²) in [7, 11) is 0. The maximum atomic E-state index is 12.2. The molecule has 0 aliphatic rings. The minimum atomic E-state index is -0.192. The predicted octanol–water partition coefficient (Wildman–Crippen LogP) is 3.05. The van der Waals surface area contributed by atoms with E-state index < -0.39 is 0 Å². The Morgan fingerprint density at radius 2 is 2.29 bits per heavy atom. The second-order valence-corrected chi connectivity index (χ2v) is 5.45. The van der Waals surface area contributed by atoms with Gasteiger partial charge in [-0.2, -0.15) is 0 Å². The van der Waals surface area contributed by atoms with Gasteiger partial charge in [-0.15, -0.1) is 11.3 Å². The van der Waals surface area contributed by atoms with Gasteiger partial charge in [-0.25, -0.2) is 9.78 Å². The van der Waals surface area contributed by atoms with Crippen molar-refractivity contribution in [3.05, 3.63) is 35.8 Å². The molecule has 0 aliphatic carbocycles. The minimum absolute atomic E-state index is 0.0351. The van der Waals surface area contributed by atoms with Crippen molar-refractivity contribution in [1.29, 1.82) is 0 Å². The average molecular weight is 305 g/mol. The number of thiazole rings is 1. The molecule has 0 bridgehead atoms. The second-order valence-electron chi connectivity index (χ2n) is 4.56. The van der Waals surface area contributed by atoms with Crippen LogP contribution < -0.4 is 5.32 Å². The van der Waals surface area contributed by atoms with Crippen molar-refractivity contribution in [2.24, 2.45) is 0 Å². The molecular weight excluding hydrogens is 286 g/mol. The number of urea groups is 1. The quantitative estimate of drug-likeness (QED) is 0.862. The third kappa shape index (κ3) is 4.27. The standard InChI is InChI=1S/C15H19N3O2S/c1-2-7-18(8-9-19)15(20)17-13-5-3-4-12(11-13)14-16-6-10-21-14/h3-6,10-11,19H,2,7-9H2,1H3,(H,17,20). The number of hydrogen-bond acceptors (Lipinski definition) is 4. The van der Waals surface area contributed by atoms with Crippen molar-refractivity contribution in [2.45, 2.75) is 13.3 Å². The lowest BCUT2D eigenvalue weighted by molar-refractivity contribution is 0.188. The summed E-state index contributed by atoms with van der Waals surface area (Å²) in [5.74, 6) is 0. The molecule has 0 unspecified atom stereocenters. The second kappa shape index (κ2) is 7.75. The molecule has 6 heteroatoms. The van der Waals surface area contributed by atoms with Gasteiger partial charge in [0.05, 0.1) is 6.61 Å². The Hall–Kier alpha value is -1.92. The largest absolute Gasteiger partial charge is 0.395 e. The van der Waals surface area contributed by atoms with Gasteiger partial charge >= 0.3 is 6.03 Å². The first kappa shape index (κ1) is 15.5. The number of amides is 2. The molecule has 1 aromatic heterocycles. The van der Waals surface area contributed by atoms with Gasteiger partial charge in [0.1, 0.15) is 5.01 Å². The number of aromatic nitrogens is 1. The van der Waals surface area contributed by atoms with Crippen molar-refractivity contribution in [1.82, 2.24) is 9.88 Å². The van der Waals surface area contributed by atoms with Crippen LogP contribution in [0.3, 0.4) is 0 Å².